The molecule has 2 atom stereocenters. The average Bonchev–Trinajstić information content (AvgIpc) is 2.64. The first-order chi connectivity index (χ1) is 7.17. The molecule has 2 N–H and O–H groups in total. The van der Waals surface area contributed by atoms with Crippen LogP contribution in [0.5, 0.6) is 0 Å². The Balaban J connectivity index is 2.50. The van der Waals surface area contributed by atoms with E-state index in [0.29, 0.717) is 12.1 Å². The van der Waals surface area contributed by atoms with Crippen molar-refractivity contribution >= 4 is 22.9 Å². The predicted octanol–water partition coefficient (Wildman–Crippen LogP) is 3.21. The van der Waals surface area contributed by atoms with E-state index >= 15 is 0 Å². The minimum absolute atomic E-state index is 0.239. The van der Waals surface area contributed by atoms with Crippen molar-refractivity contribution in [1.82, 2.24) is 5.32 Å². The third kappa shape index (κ3) is 4.11. The van der Waals surface area contributed by atoms with E-state index in [1.807, 2.05) is 6.07 Å². The van der Waals surface area contributed by atoms with Gasteiger partial charge in [0.1, 0.15) is 0 Å². The lowest BCUT2D eigenvalue weighted by Crippen LogP contribution is -2.31. The average molecular weight is 248 g/mol. The summed E-state index contributed by atoms with van der Waals surface area (Å²) in [5.41, 5.74) is 1.22. The van der Waals surface area contributed by atoms with E-state index in [1.165, 1.54) is 5.56 Å². The highest BCUT2D eigenvalue weighted by molar-refractivity contribution is 7.14. The second kappa shape index (κ2) is 6.48. The van der Waals surface area contributed by atoms with E-state index in [4.69, 9.17) is 16.7 Å². The van der Waals surface area contributed by atoms with E-state index < -0.39 is 0 Å². The molecule has 1 heterocycles. The molecular formula is C11H18ClNOS. The molecule has 86 valence electrons. The smallest absolute Gasteiger partial charge is 0.0931 e. The SMILES string of the molecule is CCC(CCO)NC(C)c1csc(Cl)c1. The quantitative estimate of drug-likeness (QED) is 0.809. The van der Waals surface area contributed by atoms with Gasteiger partial charge in [-0.2, -0.15) is 0 Å². The molecule has 0 saturated heterocycles. The molecule has 0 amide bonds. The Morgan fingerprint density at radius 2 is 2.33 bits per heavy atom. The van der Waals surface area contributed by atoms with E-state index in [0.717, 1.165) is 17.2 Å². The van der Waals surface area contributed by atoms with Crippen LogP contribution in [0, 0.1) is 0 Å². The van der Waals surface area contributed by atoms with Crippen molar-refractivity contribution in [2.45, 2.75) is 38.8 Å². The maximum Gasteiger partial charge on any atom is 0.0931 e. The lowest BCUT2D eigenvalue weighted by Gasteiger charge is -2.21. The monoisotopic (exact) mass is 247 g/mol. The third-order valence-electron chi connectivity index (χ3n) is 2.54. The molecule has 1 aromatic heterocycles. The maximum atomic E-state index is 8.90. The van der Waals surface area contributed by atoms with Gasteiger partial charge in [0.05, 0.1) is 4.34 Å². The standard InChI is InChI=1S/C11H18ClNOS/c1-3-10(4-5-14)13-8(2)9-6-11(12)15-7-9/h6-8,10,13-14H,3-5H2,1-2H3. The number of aliphatic hydroxyl groups excluding tert-OH is 1. The van der Waals surface area contributed by atoms with Crippen LogP contribution in [0.4, 0.5) is 0 Å². The summed E-state index contributed by atoms with van der Waals surface area (Å²) < 4.78 is 0.828. The van der Waals surface area contributed by atoms with Crippen LogP contribution in [0.2, 0.25) is 4.34 Å². The molecular weight excluding hydrogens is 230 g/mol. The van der Waals surface area contributed by atoms with Gasteiger partial charge in [-0.05, 0) is 36.8 Å². The molecule has 1 aromatic rings. The van der Waals surface area contributed by atoms with Gasteiger partial charge in [0, 0.05) is 18.7 Å². The number of aliphatic hydroxyl groups is 1. The van der Waals surface area contributed by atoms with Crippen LogP contribution in [0.25, 0.3) is 0 Å². The predicted molar refractivity (Wildman–Crippen MR) is 66.7 cm³/mol. The Morgan fingerprint density at radius 1 is 1.60 bits per heavy atom. The van der Waals surface area contributed by atoms with Gasteiger partial charge in [-0.3, -0.25) is 0 Å². The van der Waals surface area contributed by atoms with Gasteiger partial charge in [-0.25, -0.2) is 0 Å². The Kier molecular flexibility index (Phi) is 5.61. The fourth-order valence-electron chi connectivity index (χ4n) is 1.56. The maximum absolute atomic E-state index is 8.90. The van der Waals surface area contributed by atoms with Gasteiger partial charge in [0.2, 0.25) is 0 Å². The summed E-state index contributed by atoms with van der Waals surface area (Å²) in [5.74, 6) is 0. The molecule has 0 aliphatic heterocycles. The largest absolute Gasteiger partial charge is 0.396 e. The van der Waals surface area contributed by atoms with Crippen molar-refractivity contribution in [1.29, 1.82) is 0 Å². The van der Waals surface area contributed by atoms with E-state index in [-0.39, 0.29) is 6.61 Å². The van der Waals surface area contributed by atoms with Crippen LogP contribution in [-0.2, 0) is 0 Å². The Hall–Kier alpha value is -0.0900. The lowest BCUT2D eigenvalue weighted by molar-refractivity contribution is 0.257. The van der Waals surface area contributed by atoms with Crippen LogP contribution in [0.1, 0.15) is 38.3 Å². The molecule has 0 fully saturated rings. The first kappa shape index (κ1) is 13.0. The van der Waals surface area contributed by atoms with Crippen molar-refractivity contribution < 1.29 is 5.11 Å². The Labute approximate surface area is 100 Å². The van der Waals surface area contributed by atoms with Crippen LogP contribution in [0.15, 0.2) is 11.4 Å². The zero-order valence-electron chi connectivity index (χ0n) is 9.16. The molecule has 0 aliphatic carbocycles. The van der Waals surface area contributed by atoms with Crippen LogP contribution in [-0.4, -0.2) is 17.8 Å². The lowest BCUT2D eigenvalue weighted by atomic mass is 10.1. The topological polar surface area (TPSA) is 32.3 Å². The first-order valence-electron chi connectivity index (χ1n) is 5.28. The normalized spacial score (nSPS) is 15.2. The number of hydrogen-bond acceptors (Lipinski definition) is 3. The second-order valence-corrected chi connectivity index (χ2v) is 5.23. The molecule has 4 heteroatoms. The molecule has 0 aliphatic rings. The molecule has 1 rings (SSSR count). The summed E-state index contributed by atoms with van der Waals surface area (Å²) in [6.45, 7) is 4.49. The summed E-state index contributed by atoms with van der Waals surface area (Å²) >= 11 is 7.44. The van der Waals surface area contributed by atoms with Gasteiger partial charge in [-0.1, -0.05) is 18.5 Å². The highest BCUT2D eigenvalue weighted by atomic mass is 35.5. The van der Waals surface area contributed by atoms with Crippen molar-refractivity contribution in [2.24, 2.45) is 0 Å². The van der Waals surface area contributed by atoms with Crippen molar-refractivity contribution in [3.63, 3.8) is 0 Å². The van der Waals surface area contributed by atoms with Crippen LogP contribution < -0.4 is 5.32 Å². The van der Waals surface area contributed by atoms with Crippen LogP contribution >= 0.6 is 22.9 Å². The highest BCUT2D eigenvalue weighted by Gasteiger charge is 2.12. The summed E-state index contributed by atoms with van der Waals surface area (Å²) in [6.07, 6.45) is 1.83. The number of hydrogen-bond donors (Lipinski definition) is 2. The molecule has 2 unspecified atom stereocenters. The van der Waals surface area contributed by atoms with E-state index in [1.54, 1.807) is 11.3 Å². The highest BCUT2D eigenvalue weighted by Crippen LogP contribution is 2.25. The zero-order chi connectivity index (χ0) is 11.3. The van der Waals surface area contributed by atoms with Gasteiger partial charge in [-0.15, -0.1) is 11.3 Å². The van der Waals surface area contributed by atoms with E-state index in [9.17, 15) is 0 Å². The molecule has 0 bridgehead atoms. The van der Waals surface area contributed by atoms with Gasteiger partial charge in [0.25, 0.3) is 0 Å². The van der Waals surface area contributed by atoms with Crippen LogP contribution in [0.3, 0.4) is 0 Å². The van der Waals surface area contributed by atoms with Gasteiger partial charge >= 0.3 is 0 Å². The Morgan fingerprint density at radius 3 is 2.80 bits per heavy atom. The molecule has 15 heavy (non-hydrogen) atoms. The number of nitrogens with one attached hydrogen (secondary N) is 1. The number of halogens is 1. The van der Waals surface area contributed by atoms with E-state index in [2.05, 4.69) is 24.5 Å². The first-order valence-corrected chi connectivity index (χ1v) is 6.54. The third-order valence-corrected chi connectivity index (χ3v) is 3.65. The minimum atomic E-state index is 0.239. The number of rotatable bonds is 6. The number of thiophene rings is 1. The van der Waals surface area contributed by atoms with Crippen molar-refractivity contribution in [3.8, 4) is 0 Å². The summed E-state index contributed by atoms with van der Waals surface area (Å²) in [5, 5.41) is 14.5. The molecule has 0 aromatic carbocycles. The second-order valence-electron chi connectivity index (χ2n) is 3.69. The zero-order valence-corrected chi connectivity index (χ0v) is 10.7. The van der Waals surface area contributed by atoms with Crippen molar-refractivity contribution in [2.75, 3.05) is 6.61 Å². The summed E-state index contributed by atoms with van der Waals surface area (Å²) in [6, 6.07) is 2.67. The summed E-state index contributed by atoms with van der Waals surface area (Å²) in [4.78, 5) is 0. The fraction of sp³-hybridized carbons (Fsp3) is 0.636. The fourth-order valence-corrected chi connectivity index (χ4v) is 2.55. The van der Waals surface area contributed by atoms with Crippen molar-refractivity contribution in [3.05, 3.63) is 21.3 Å². The molecule has 0 radical (unpaired) electrons. The van der Waals surface area contributed by atoms with Gasteiger partial charge in [0.15, 0.2) is 0 Å². The Bertz CT molecular complexity index is 290. The molecule has 0 saturated carbocycles. The molecule has 0 spiro atoms. The molecule has 2 nitrogen and oxygen atoms in total. The minimum Gasteiger partial charge on any atom is -0.396 e. The van der Waals surface area contributed by atoms with Gasteiger partial charge < -0.3 is 10.4 Å². The summed E-state index contributed by atoms with van der Waals surface area (Å²) in [7, 11) is 0.